The number of nitrogens with one attached hydrogen (secondary N) is 1. The number of aromatic amines is 1. The minimum absolute atomic E-state index is 0.0401. The Morgan fingerprint density at radius 3 is 2.53 bits per heavy atom. The molecule has 1 aromatic heterocycles. The van der Waals surface area contributed by atoms with Crippen molar-refractivity contribution in [1.82, 2.24) is 25.0 Å². The van der Waals surface area contributed by atoms with Crippen LogP contribution in [0.25, 0.3) is 11.4 Å². The molecule has 34 heavy (non-hydrogen) atoms. The fraction of sp³-hybridized carbons (Fsp3) is 0.583. The van der Waals surface area contributed by atoms with Crippen molar-refractivity contribution in [1.29, 1.82) is 0 Å². The smallest absolute Gasteiger partial charge is 0.273 e. The second kappa shape index (κ2) is 12.5. The zero-order chi connectivity index (χ0) is 24.5. The number of benzene rings is 1. The third kappa shape index (κ3) is 6.77. The molecule has 1 aromatic carbocycles. The Balaban J connectivity index is 1.59. The summed E-state index contributed by atoms with van der Waals surface area (Å²) in [6, 6.07) is 5.74. The van der Waals surface area contributed by atoms with E-state index in [0.717, 1.165) is 13.1 Å². The van der Waals surface area contributed by atoms with E-state index >= 15 is 0 Å². The molecule has 1 aliphatic rings. The highest BCUT2D eigenvalue weighted by Gasteiger charge is 2.22. The van der Waals surface area contributed by atoms with Crippen LogP contribution in [0, 0.1) is 0 Å². The zero-order valence-corrected chi connectivity index (χ0v) is 20.5. The van der Waals surface area contributed by atoms with E-state index in [1.807, 2.05) is 11.8 Å². The first-order chi connectivity index (χ1) is 16.4. The van der Waals surface area contributed by atoms with Gasteiger partial charge in [0.25, 0.3) is 5.56 Å². The Morgan fingerprint density at radius 2 is 1.88 bits per heavy atom. The van der Waals surface area contributed by atoms with Gasteiger partial charge in [-0.05, 0) is 39.0 Å². The van der Waals surface area contributed by atoms with Gasteiger partial charge in [0, 0.05) is 57.2 Å². The predicted molar refractivity (Wildman–Crippen MR) is 128 cm³/mol. The second-order valence-electron chi connectivity index (χ2n) is 8.37. The quantitative estimate of drug-likeness (QED) is 0.492. The summed E-state index contributed by atoms with van der Waals surface area (Å²) in [5.74, 6) is 1.46. The standard InChI is InChI=1S/C24H35N5O5/c1-5-33-14-15-34-20-8-6-18(16-21(20)32-4)23-25-24(31)19(26-27-23)7-9-22(30)29-12-10-28(11-13-29)17(2)3/h6,8,16-17H,5,7,9-15H2,1-4H3,(H,25,27,31). The number of rotatable bonds is 11. The molecule has 1 saturated heterocycles. The lowest BCUT2D eigenvalue weighted by molar-refractivity contribution is -0.133. The van der Waals surface area contributed by atoms with Gasteiger partial charge in [0.2, 0.25) is 5.91 Å². The van der Waals surface area contributed by atoms with Gasteiger partial charge in [-0.15, -0.1) is 10.2 Å². The molecule has 186 valence electrons. The van der Waals surface area contributed by atoms with Crippen molar-refractivity contribution in [3.63, 3.8) is 0 Å². The third-order valence-electron chi connectivity index (χ3n) is 5.86. The van der Waals surface area contributed by atoms with Crippen LogP contribution < -0.4 is 15.0 Å². The lowest BCUT2D eigenvalue weighted by Crippen LogP contribution is -2.50. The molecule has 1 fully saturated rings. The van der Waals surface area contributed by atoms with Gasteiger partial charge in [-0.3, -0.25) is 14.5 Å². The van der Waals surface area contributed by atoms with E-state index in [9.17, 15) is 9.59 Å². The molecule has 0 unspecified atom stereocenters. The summed E-state index contributed by atoms with van der Waals surface area (Å²) in [6.45, 7) is 10.9. The maximum absolute atomic E-state index is 12.6. The number of methoxy groups -OCH3 is 1. The van der Waals surface area contributed by atoms with Crippen LogP contribution in [0.5, 0.6) is 11.5 Å². The molecule has 0 saturated carbocycles. The Kier molecular flexibility index (Phi) is 9.41. The highest BCUT2D eigenvalue weighted by atomic mass is 16.5. The van der Waals surface area contributed by atoms with Crippen molar-refractivity contribution in [3.05, 3.63) is 34.2 Å². The van der Waals surface area contributed by atoms with E-state index < -0.39 is 0 Å². The van der Waals surface area contributed by atoms with E-state index in [1.54, 1.807) is 25.3 Å². The van der Waals surface area contributed by atoms with Crippen LogP contribution in [0.4, 0.5) is 0 Å². The molecule has 1 aliphatic heterocycles. The van der Waals surface area contributed by atoms with E-state index in [-0.39, 0.29) is 30.0 Å². The largest absolute Gasteiger partial charge is 0.493 e. The fourth-order valence-electron chi connectivity index (χ4n) is 3.81. The van der Waals surface area contributed by atoms with Crippen LogP contribution in [0.2, 0.25) is 0 Å². The Bertz CT molecular complexity index is 1000. The van der Waals surface area contributed by atoms with Crippen molar-refractivity contribution in [2.45, 2.75) is 39.7 Å². The number of carbonyl (C=O) groups excluding carboxylic acids is 1. The average Bonchev–Trinajstić information content (AvgIpc) is 2.85. The molecule has 0 bridgehead atoms. The van der Waals surface area contributed by atoms with Crippen LogP contribution in [-0.2, 0) is 16.0 Å². The molecule has 1 amide bonds. The van der Waals surface area contributed by atoms with Crippen LogP contribution >= 0.6 is 0 Å². The molecule has 0 spiro atoms. The number of carbonyl (C=O) groups is 1. The van der Waals surface area contributed by atoms with Gasteiger partial charge >= 0.3 is 0 Å². The SMILES string of the molecule is CCOCCOc1ccc(-c2nnc(CCC(=O)N3CCN(C(C)C)CC3)c(=O)[nH]2)cc1OC. The summed E-state index contributed by atoms with van der Waals surface area (Å²) in [7, 11) is 1.55. The Labute approximate surface area is 200 Å². The number of amides is 1. The molecule has 10 nitrogen and oxygen atoms in total. The molecule has 0 radical (unpaired) electrons. The molecule has 2 heterocycles. The Morgan fingerprint density at radius 1 is 1.12 bits per heavy atom. The van der Waals surface area contributed by atoms with E-state index in [4.69, 9.17) is 14.2 Å². The number of hydrogen-bond acceptors (Lipinski definition) is 8. The van der Waals surface area contributed by atoms with Gasteiger partial charge in [-0.1, -0.05) is 0 Å². The molecule has 3 rings (SSSR count). The third-order valence-corrected chi connectivity index (χ3v) is 5.86. The topological polar surface area (TPSA) is 110 Å². The van der Waals surface area contributed by atoms with Gasteiger partial charge in [0.1, 0.15) is 12.3 Å². The lowest BCUT2D eigenvalue weighted by atomic mass is 10.1. The summed E-state index contributed by atoms with van der Waals surface area (Å²) in [4.78, 5) is 32.1. The number of H-pyrrole nitrogens is 1. The number of piperazine rings is 1. The molecular formula is C24H35N5O5. The summed E-state index contributed by atoms with van der Waals surface area (Å²) < 4.78 is 16.4. The highest BCUT2D eigenvalue weighted by molar-refractivity contribution is 5.76. The molecular weight excluding hydrogens is 438 g/mol. The zero-order valence-electron chi connectivity index (χ0n) is 20.5. The van der Waals surface area contributed by atoms with Gasteiger partial charge < -0.3 is 24.1 Å². The number of nitrogens with zero attached hydrogens (tertiary/aromatic N) is 4. The first kappa shape index (κ1) is 25.6. The first-order valence-corrected chi connectivity index (χ1v) is 11.8. The van der Waals surface area contributed by atoms with Gasteiger partial charge in [-0.2, -0.15) is 0 Å². The van der Waals surface area contributed by atoms with Crippen LogP contribution in [0.3, 0.4) is 0 Å². The number of ether oxygens (including phenoxy) is 3. The monoisotopic (exact) mass is 473 g/mol. The second-order valence-corrected chi connectivity index (χ2v) is 8.37. The van der Waals surface area contributed by atoms with Gasteiger partial charge in [-0.25, -0.2) is 0 Å². The van der Waals surface area contributed by atoms with Crippen molar-refractivity contribution >= 4 is 5.91 Å². The maximum atomic E-state index is 12.6. The predicted octanol–water partition coefficient (Wildman–Crippen LogP) is 1.74. The fourth-order valence-corrected chi connectivity index (χ4v) is 3.81. The number of aromatic nitrogens is 3. The summed E-state index contributed by atoms with van der Waals surface area (Å²) in [5, 5.41) is 8.26. The van der Waals surface area contributed by atoms with Crippen molar-refractivity contribution in [2.75, 3.05) is 53.1 Å². The average molecular weight is 474 g/mol. The molecule has 1 N–H and O–H groups in total. The summed E-state index contributed by atoms with van der Waals surface area (Å²) in [6.07, 6.45) is 0.488. The normalized spacial score (nSPS) is 14.4. The van der Waals surface area contributed by atoms with E-state index in [0.29, 0.717) is 61.8 Å². The van der Waals surface area contributed by atoms with Gasteiger partial charge in [0.05, 0.1) is 13.7 Å². The minimum atomic E-state index is -0.349. The molecule has 0 aliphatic carbocycles. The van der Waals surface area contributed by atoms with Crippen LogP contribution in [0.15, 0.2) is 23.0 Å². The van der Waals surface area contributed by atoms with E-state index in [1.165, 1.54) is 0 Å². The molecule has 10 heteroatoms. The highest BCUT2D eigenvalue weighted by Crippen LogP contribution is 2.31. The minimum Gasteiger partial charge on any atom is -0.493 e. The number of hydrogen-bond donors (Lipinski definition) is 1. The molecule has 2 aromatic rings. The van der Waals surface area contributed by atoms with Crippen molar-refractivity contribution in [2.24, 2.45) is 0 Å². The summed E-state index contributed by atoms with van der Waals surface area (Å²) >= 11 is 0. The van der Waals surface area contributed by atoms with Gasteiger partial charge in [0.15, 0.2) is 17.3 Å². The molecule has 0 atom stereocenters. The maximum Gasteiger partial charge on any atom is 0.273 e. The van der Waals surface area contributed by atoms with Crippen LogP contribution in [-0.4, -0.2) is 90.0 Å². The lowest BCUT2D eigenvalue weighted by Gasteiger charge is -2.37. The van der Waals surface area contributed by atoms with E-state index in [2.05, 4.69) is 33.9 Å². The van der Waals surface area contributed by atoms with Crippen molar-refractivity contribution in [3.8, 4) is 22.9 Å². The Hall–Kier alpha value is -2.98. The first-order valence-electron chi connectivity index (χ1n) is 11.8. The van der Waals surface area contributed by atoms with Crippen LogP contribution in [0.1, 0.15) is 32.9 Å². The number of aryl methyl sites for hydroxylation is 1. The summed E-state index contributed by atoms with van der Waals surface area (Å²) in [5.41, 5.74) is 0.545. The van der Waals surface area contributed by atoms with Crippen molar-refractivity contribution < 1.29 is 19.0 Å².